The summed E-state index contributed by atoms with van der Waals surface area (Å²) in [5.74, 6) is -1.03. The van der Waals surface area contributed by atoms with Crippen LogP contribution in [0.2, 0.25) is 0 Å². The Kier molecular flexibility index (Phi) is 10.7. The van der Waals surface area contributed by atoms with E-state index in [1.165, 1.54) is 12.1 Å². The Morgan fingerprint density at radius 2 is 1.59 bits per heavy atom. The van der Waals surface area contributed by atoms with Crippen LogP contribution in [0.1, 0.15) is 39.2 Å². The number of nitrogens with one attached hydrogen (secondary N) is 3. The Labute approximate surface area is 239 Å². The van der Waals surface area contributed by atoms with Crippen LogP contribution in [-0.4, -0.2) is 55.7 Å². The number of ether oxygens (including phenoxy) is 2. The lowest BCUT2D eigenvalue weighted by Gasteiger charge is -2.23. The van der Waals surface area contributed by atoms with Gasteiger partial charge in [0.05, 0.1) is 0 Å². The van der Waals surface area contributed by atoms with Crippen molar-refractivity contribution >= 4 is 44.5 Å². The second-order valence-corrected chi connectivity index (χ2v) is 11.6. The number of fused-ring (bicyclic) bond motifs is 1. The summed E-state index contributed by atoms with van der Waals surface area (Å²) in [6.45, 7) is 5.66. The maximum atomic E-state index is 12.8. The van der Waals surface area contributed by atoms with Gasteiger partial charge in [-0.25, -0.2) is 9.59 Å². The summed E-state index contributed by atoms with van der Waals surface area (Å²) in [5, 5.41) is 9.35. The van der Waals surface area contributed by atoms with Crippen molar-refractivity contribution in [2.24, 2.45) is 0 Å². The zero-order valence-electron chi connectivity index (χ0n) is 23.2. The summed E-state index contributed by atoms with van der Waals surface area (Å²) < 4.78 is 43.5. The van der Waals surface area contributed by atoms with Crippen LogP contribution in [0.3, 0.4) is 0 Å². The molecule has 2 amide bonds. The molecule has 0 aliphatic heterocycles. The van der Waals surface area contributed by atoms with E-state index in [9.17, 15) is 27.4 Å². The van der Waals surface area contributed by atoms with Gasteiger partial charge >= 0.3 is 12.1 Å². The van der Waals surface area contributed by atoms with E-state index in [0.29, 0.717) is 23.0 Å². The molecule has 3 rings (SSSR count). The molecule has 0 fully saturated rings. The molecule has 12 heteroatoms. The summed E-state index contributed by atoms with van der Waals surface area (Å²) >= 11 is 0. The fraction of sp³-hybridized carbons (Fsp3) is 0.345. The fourth-order valence-corrected chi connectivity index (χ4v) is 4.66. The highest BCUT2D eigenvalue weighted by Gasteiger charge is 2.26. The van der Waals surface area contributed by atoms with Crippen molar-refractivity contribution in [3.8, 4) is 0 Å². The van der Waals surface area contributed by atoms with Crippen LogP contribution < -0.4 is 16.0 Å². The third-order valence-corrected chi connectivity index (χ3v) is 6.69. The van der Waals surface area contributed by atoms with Crippen molar-refractivity contribution in [2.75, 3.05) is 18.4 Å². The van der Waals surface area contributed by atoms with Crippen molar-refractivity contribution in [3.63, 3.8) is 0 Å². The first kappa shape index (κ1) is 31.4. The van der Waals surface area contributed by atoms with Crippen molar-refractivity contribution in [1.82, 2.24) is 10.6 Å². The predicted molar refractivity (Wildman–Crippen MR) is 154 cm³/mol. The Hall–Kier alpha value is -4.16. The number of carbonyl (C=O) groups excluding carboxylic acids is 3. The van der Waals surface area contributed by atoms with E-state index in [0.717, 1.165) is 5.56 Å². The van der Waals surface area contributed by atoms with Crippen LogP contribution in [0, 0.1) is 0 Å². The quantitative estimate of drug-likeness (QED) is 0.140. The molecular weight excluding hydrogens is 550 g/mol. The number of carbonyl (C=O) groups is 3. The van der Waals surface area contributed by atoms with E-state index >= 15 is 0 Å². The summed E-state index contributed by atoms with van der Waals surface area (Å²) in [5.41, 5.74) is 0.637. The molecule has 0 unspecified atom stereocenters. The Morgan fingerprint density at radius 1 is 0.902 bits per heavy atom. The first-order chi connectivity index (χ1) is 19.3. The summed E-state index contributed by atoms with van der Waals surface area (Å²) in [6.07, 6.45) is -0.864. The monoisotopic (exact) mass is 585 g/mol. The molecule has 0 bridgehead atoms. The van der Waals surface area contributed by atoms with Crippen molar-refractivity contribution in [3.05, 3.63) is 72.3 Å². The molecule has 0 aliphatic rings. The maximum Gasteiger partial charge on any atom is 0.408 e. The molecule has 1 atom stereocenters. The number of amides is 2. The minimum Gasteiger partial charge on any atom is -0.459 e. The number of benzene rings is 3. The van der Waals surface area contributed by atoms with Gasteiger partial charge in [-0.15, -0.1) is 0 Å². The highest BCUT2D eigenvalue weighted by Crippen LogP contribution is 2.28. The van der Waals surface area contributed by atoms with Crippen LogP contribution in [0.25, 0.3) is 10.8 Å². The van der Waals surface area contributed by atoms with Crippen LogP contribution in [0.4, 0.5) is 10.5 Å². The SMILES string of the molecule is CC(C)(C)OC(=O)N[C@@H](CCC(=O)NCCNc1cccc2c(S(=O)(=O)O)cccc12)C(=O)OCc1ccccc1. The third-order valence-electron chi connectivity index (χ3n) is 5.78. The Balaban J connectivity index is 1.53. The normalized spacial score (nSPS) is 12.3. The molecule has 0 saturated carbocycles. The van der Waals surface area contributed by atoms with Gasteiger partial charge in [0.2, 0.25) is 5.91 Å². The smallest absolute Gasteiger partial charge is 0.408 e. The Morgan fingerprint density at radius 3 is 2.27 bits per heavy atom. The standard InChI is InChI=1S/C29H35N3O8S/c1-29(2,3)40-28(35)32-24(27(34)39-19-20-9-5-4-6-10-20)15-16-26(33)31-18-17-30-23-13-7-12-22-21(23)11-8-14-25(22)41(36,37)38/h4-14,24,30H,15-19H2,1-3H3,(H,31,33)(H,32,35)(H,36,37,38)/t24-/m0/s1. The first-order valence-electron chi connectivity index (χ1n) is 13.0. The molecule has 3 aromatic carbocycles. The van der Waals surface area contributed by atoms with Crippen LogP contribution in [0.15, 0.2) is 71.6 Å². The van der Waals surface area contributed by atoms with Gasteiger partial charge < -0.3 is 25.4 Å². The van der Waals surface area contributed by atoms with Crippen LogP contribution in [0.5, 0.6) is 0 Å². The molecule has 41 heavy (non-hydrogen) atoms. The number of alkyl carbamates (subject to hydrolysis) is 1. The van der Waals surface area contributed by atoms with E-state index < -0.39 is 33.8 Å². The summed E-state index contributed by atoms with van der Waals surface area (Å²) in [7, 11) is -4.39. The number of esters is 1. The number of rotatable bonds is 12. The minimum atomic E-state index is -4.39. The van der Waals surface area contributed by atoms with Gasteiger partial charge in [-0.2, -0.15) is 8.42 Å². The molecule has 3 aromatic rings. The van der Waals surface area contributed by atoms with E-state index in [-0.39, 0.29) is 36.8 Å². The molecule has 0 spiro atoms. The highest BCUT2D eigenvalue weighted by atomic mass is 32.2. The molecule has 0 saturated heterocycles. The van der Waals surface area contributed by atoms with Gasteiger partial charge in [0.25, 0.3) is 10.1 Å². The lowest BCUT2D eigenvalue weighted by Crippen LogP contribution is -2.45. The van der Waals surface area contributed by atoms with E-state index in [4.69, 9.17) is 9.47 Å². The van der Waals surface area contributed by atoms with Gasteiger partial charge in [-0.3, -0.25) is 9.35 Å². The average Bonchev–Trinajstić information content (AvgIpc) is 2.90. The van der Waals surface area contributed by atoms with Crippen molar-refractivity contribution in [2.45, 2.75) is 56.8 Å². The zero-order chi connectivity index (χ0) is 30.0. The second kappa shape index (κ2) is 14.0. The largest absolute Gasteiger partial charge is 0.459 e. The van der Waals surface area contributed by atoms with Crippen molar-refractivity contribution < 1.29 is 36.8 Å². The van der Waals surface area contributed by atoms with E-state index in [2.05, 4.69) is 16.0 Å². The molecule has 4 N–H and O–H groups in total. The fourth-order valence-electron chi connectivity index (χ4n) is 3.95. The van der Waals surface area contributed by atoms with Gasteiger partial charge in [0.1, 0.15) is 23.1 Å². The lowest BCUT2D eigenvalue weighted by molar-refractivity contribution is -0.147. The second-order valence-electron chi connectivity index (χ2n) is 10.2. The summed E-state index contributed by atoms with van der Waals surface area (Å²) in [4.78, 5) is 37.4. The molecule has 220 valence electrons. The molecular formula is C29H35N3O8S. The third kappa shape index (κ3) is 10.1. The molecule has 0 aliphatic carbocycles. The lowest BCUT2D eigenvalue weighted by atomic mass is 10.1. The summed E-state index contributed by atoms with van der Waals surface area (Å²) in [6, 6.07) is 17.6. The van der Waals surface area contributed by atoms with E-state index in [1.807, 2.05) is 18.2 Å². The first-order valence-corrected chi connectivity index (χ1v) is 14.5. The van der Waals surface area contributed by atoms with Crippen LogP contribution >= 0.6 is 0 Å². The zero-order valence-corrected chi connectivity index (χ0v) is 24.0. The number of anilines is 1. The predicted octanol–water partition coefficient (Wildman–Crippen LogP) is 4.03. The van der Waals surface area contributed by atoms with Crippen LogP contribution in [-0.2, 0) is 35.8 Å². The minimum absolute atomic E-state index is 0.00609. The van der Waals surface area contributed by atoms with Gasteiger partial charge in [-0.1, -0.05) is 54.6 Å². The molecule has 11 nitrogen and oxygen atoms in total. The van der Waals surface area contributed by atoms with Gasteiger partial charge in [0, 0.05) is 36.0 Å². The van der Waals surface area contributed by atoms with Crippen molar-refractivity contribution in [1.29, 1.82) is 0 Å². The molecule has 0 aromatic heterocycles. The highest BCUT2D eigenvalue weighted by molar-refractivity contribution is 7.86. The Bertz CT molecular complexity index is 1470. The number of hydrogen-bond acceptors (Lipinski definition) is 8. The average molecular weight is 586 g/mol. The maximum absolute atomic E-state index is 12.8. The van der Waals surface area contributed by atoms with Gasteiger partial charge in [0.15, 0.2) is 0 Å². The molecule has 0 radical (unpaired) electrons. The molecule has 0 heterocycles. The number of hydrogen-bond donors (Lipinski definition) is 4. The topological polar surface area (TPSA) is 160 Å². The van der Waals surface area contributed by atoms with Gasteiger partial charge in [-0.05, 0) is 44.9 Å². The van der Waals surface area contributed by atoms with E-state index in [1.54, 1.807) is 57.2 Å².